The highest BCUT2D eigenvalue weighted by molar-refractivity contribution is 6.35. The summed E-state index contributed by atoms with van der Waals surface area (Å²) >= 11 is 18.9. The number of aryl methyl sites for hydroxylation is 1. The number of hydrogen-bond acceptors (Lipinski definition) is 10. The van der Waals surface area contributed by atoms with Gasteiger partial charge in [0, 0.05) is 132 Å². The van der Waals surface area contributed by atoms with Crippen molar-refractivity contribution in [3.63, 3.8) is 0 Å². The van der Waals surface area contributed by atoms with Gasteiger partial charge in [-0.05, 0) is 101 Å². The van der Waals surface area contributed by atoms with Crippen LogP contribution in [0.4, 0.5) is 8.78 Å². The van der Waals surface area contributed by atoms with Crippen LogP contribution in [-0.4, -0.2) is 103 Å². The van der Waals surface area contributed by atoms with E-state index in [9.17, 15) is 9.59 Å². The molecule has 0 radical (unpaired) electrons. The van der Waals surface area contributed by atoms with Crippen LogP contribution in [-0.2, 0) is 0 Å². The zero-order valence-electron chi connectivity index (χ0n) is 42.3. The Morgan fingerprint density at radius 1 is 0.618 bits per heavy atom. The van der Waals surface area contributed by atoms with Gasteiger partial charge in [-0.25, -0.2) is 8.78 Å². The number of amides is 2. The number of nitrogens with one attached hydrogen (secondary N) is 4. The third-order valence-electron chi connectivity index (χ3n) is 13.2. The van der Waals surface area contributed by atoms with Gasteiger partial charge in [0.05, 0.1) is 37.5 Å². The Hall–Kier alpha value is -7.21. The van der Waals surface area contributed by atoms with Crippen LogP contribution in [0.2, 0.25) is 15.1 Å². The first kappa shape index (κ1) is 53.6. The van der Waals surface area contributed by atoms with E-state index in [0.717, 1.165) is 29.6 Å². The number of carbonyl (C=O) groups is 2. The van der Waals surface area contributed by atoms with Crippen molar-refractivity contribution >= 4 is 92.2 Å². The van der Waals surface area contributed by atoms with Gasteiger partial charge in [-0.3, -0.25) is 29.8 Å². The number of ether oxygens (including phenoxy) is 2. The van der Waals surface area contributed by atoms with Crippen LogP contribution in [0.15, 0.2) is 110 Å². The minimum absolute atomic E-state index is 0.0456. The molecule has 10 rings (SSSR count). The molecule has 4 atom stereocenters. The Balaban J connectivity index is 0.000000186. The summed E-state index contributed by atoms with van der Waals surface area (Å²) in [6.45, 7) is 14.0. The van der Waals surface area contributed by atoms with Gasteiger partial charge in [0.25, 0.3) is 11.8 Å². The van der Waals surface area contributed by atoms with Crippen molar-refractivity contribution in [1.82, 2.24) is 50.8 Å². The average molecular weight is 1090 g/mol. The van der Waals surface area contributed by atoms with Crippen LogP contribution in [0.25, 0.3) is 45.6 Å². The number of aromatic amines is 2. The predicted molar refractivity (Wildman–Crippen MR) is 296 cm³/mol. The molecule has 76 heavy (non-hydrogen) atoms. The molecule has 2 aliphatic rings. The van der Waals surface area contributed by atoms with E-state index in [-0.39, 0.29) is 30.0 Å². The van der Waals surface area contributed by atoms with Crippen LogP contribution >= 0.6 is 34.8 Å². The summed E-state index contributed by atoms with van der Waals surface area (Å²) in [6, 6.07) is 24.4. The Morgan fingerprint density at radius 3 is 1.51 bits per heavy atom. The largest absolute Gasteiger partial charge is 0.486 e. The number of piperazine rings is 2. The molecule has 6 heterocycles. The second kappa shape index (κ2) is 23.8. The number of halogens is 5. The maximum absolute atomic E-state index is 15.3. The van der Waals surface area contributed by atoms with Crippen molar-refractivity contribution in [3.8, 4) is 11.5 Å². The third-order valence-corrected chi connectivity index (χ3v) is 14.1. The van der Waals surface area contributed by atoms with E-state index in [0.29, 0.717) is 108 Å². The highest BCUT2D eigenvalue weighted by Gasteiger charge is 2.26. The topological polar surface area (TPSA) is 166 Å². The predicted octanol–water partition coefficient (Wildman–Crippen LogP) is 12.3. The van der Waals surface area contributed by atoms with E-state index >= 15 is 8.78 Å². The number of aromatic nitrogens is 6. The number of rotatable bonds is 12. The fraction of sp³-hybridized carbons (Fsp3) is 0.263. The average Bonchev–Trinajstić information content (AvgIpc) is 4.01. The molecule has 2 aliphatic heterocycles. The summed E-state index contributed by atoms with van der Waals surface area (Å²) in [5, 5.41) is 23.8. The molecule has 392 valence electrons. The summed E-state index contributed by atoms with van der Waals surface area (Å²) < 4.78 is 42.7. The number of nitrogens with zero attached hydrogens (tertiary/aromatic N) is 6. The summed E-state index contributed by atoms with van der Waals surface area (Å²) in [5.41, 5.74) is 6.62. The van der Waals surface area contributed by atoms with Crippen molar-refractivity contribution < 1.29 is 27.8 Å². The quantitative estimate of drug-likeness (QED) is 0.0925. The lowest BCUT2D eigenvalue weighted by molar-refractivity contribution is 0.0673. The number of hydrogen-bond donors (Lipinski definition) is 4. The molecule has 8 aromatic rings. The van der Waals surface area contributed by atoms with Crippen molar-refractivity contribution in [1.29, 1.82) is 0 Å². The number of carbonyl (C=O) groups excluding carboxylic acids is 2. The lowest BCUT2D eigenvalue weighted by atomic mass is 10.1. The molecule has 0 bridgehead atoms. The van der Waals surface area contributed by atoms with E-state index in [2.05, 4.69) is 54.8 Å². The first-order valence-corrected chi connectivity index (χ1v) is 25.9. The molecule has 2 fully saturated rings. The molecule has 2 amide bonds. The number of H-pyrrole nitrogens is 2. The van der Waals surface area contributed by atoms with Gasteiger partial charge < -0.3 is 29.9 Å². The van der Waals surface area contributed by atoms with Gasteiger partial charge in [-0.1, -0.05) is 59.1 Å². The summed E-state index contributed by atoms with van der Waals surface area (Å²) in [7, 11) is 0. The van der Waals surface area contributed by atoms with E-state index in [1.165, 1.54) is 24.5 Å². The lowest BCUT2D eigenvalue weighted by Gasteiger charge is -2.36. The second-order valence-corrected chi connectivity index (χ2v) is 20.1. The van der Waals surface area contributed by atoms with E-state index in [1.807, 2.05) is 43.9 Å². The highest BCUT2D eigenvalue weighted by Crippen LogP contribution is 2.35. The molecule has 0 saturated carbocycles. The molecular formula is C57H55Cl3F2N10O4. The fourth-order valence-electron chi connectivity index (χ4n) is 9.47. The number of benzene rings is 4. The molecule has 4 N–H and O–H groups in total. The monoisotopic (exact) mass is 1090 g/mol. The van der Waals surface area contributed by atoms with Gasteiger partial charge in [0.2, 0.25) is 0 Å². The van der Waals surface area contributed by atoms with Crippen molar-refractivity contribution in [2.24, 2.45) is 0 Å². The van der Waals surface area contributed by atoms with Gasteiger partial charge in [0.15, 0.2) is 0 Å². The summed E-state index contributed by atoms with van der Waals surface area (Å²) in [4.78, 5) is 37.4. The third kappa shape index (κ3) is 12.4. The minimum Gasteiger partial charge on any atom is -0.486 e. The highest BCUT2D eigenvalue weighted by atomic mass is 35.5. The Labute approximate surface area is 453 Å². The van der Waals surface area contributed by atoms with Gasteiger partial charge in [0.1, 0.15) is 35.4 Å². The Morgan fingerprint density at radius 2 is 1.04 bits per heavy atom. The zero-order chi connectivity index (χ0) is 53.6. The molecule has 4 aromatic heterocycles. The molecular weight excluding hydrogens is 1030 g/mol. The van der Waals surface area contributed by atoms with E-state index in [4.69, 9.17) is 44.3 Å². The number of fused-ring (bicyclic) bond motifs is 2. The summed E-state index contributed by atoms with van der Waals surface area (Å²) in [5.74, 6) is 0.169. The van der Waals surface area contributed by atoms with Gasteiger partial charge in [-0.2, -0.15) is 10.2 Å². The van der Waals surface area contributed by atoms with Gasteiger partial charge >= 0.3 is 0 Å². The molecule has 14 nitrogen and oxygen atoms in total. The van der Waals surface area contributed by atoms with Crippen LogP contribution in [0.1, 0.15) is 99.8 Å². The SMILES string of the molecule is C[C@@H](Oc1ccc2n[nH]c(/C=C(\F)c3ccc(C(=O)N4CCNCC4)cc3)c2c1)c1c(Cl)cncc1Cl.Cc1cncc(Cl)c1[C@@H](C)Oc1ccc2n[nH]c(/C=C(\F)c3ccc(C(=O)N4C[C@@H](C)N[C@@H](C)C4)cc3)c2c1. The van der Waals surface area contributed by atoms with E-state index in [1.54, 1.807) is 84.0 Å². The second-order valence-electron chi connectivity index (χ2n) is 18.9. The van der Waals surface area contributed by atoms with Crippen LogP contribution in [0.5, 0.6) is 11.5 Å². The van der Waals surface area contributed by atoms with Crippen LogP contribution in [0, 0.1) is 6.92 Å². The number of pyridine rings is 2. The maximum atomic E-state index is 15.3. The zero-order valence-corrected chi connectivity index (χ0v) is 44.6. The fourth-order valence-corrected chi connectivity index (χ4v) is 10.5. The van der Waals surface area contributed by atoms with Crippen molar-refractivity contribution in [2.45, 2.75) is 58.9 Å². The van der Waals surface area contributed by atoms with Crippen molar-refractivity contribution in [2.75, 3.05) is 39.3 Å². The van der Waals surface area contributed by atoms with Crippen LogP contribution in [0.3, 0.4) is 0 Å². The van der Waals surface area contributed by atoms with E-state index < -0.39 is 17.8 Å². The van der Waals surface area contributed by atoms with Crippen molar-refractivity contribution in [3.05, 3.63) is 175 Å². The summed E-state index contributed by atoms with van der Waals surface area (Å²) in [6.07, 6.45) is 8.42. The molecule has 0 unspecified atom stereocenters. The lowest BCUT2D eigenvalue weighted by Crippen LogP contribution is -2.55. The Bertz CT molecular complexity index is 3400. The standard InChI is InChI=1S/C30H31ClFN5O2.C27H24Cl2FN5O2/c1-17-13-33-14-25(31)29(17)20(4)39-23-9-10-27-24(11-23)28(36-35-27)12-26(32)21-5-7-22(8-6-21)30(38)37-15-18(2)34-19(3)16-37;1-16(26-21(28)14-32-15-22(26)29)37-19-6-7-24-20(12-19)25(34-33-24)13-23(30)17-2-4-18(5-3-17)27(36)35-10-8-31-9-11-35/h5-14,18-20,34H,15-16H2,1-4H3,(H,35,36);2-7,12-16,31H,8-11H2,1H3,(H,33,34)/b26-12-;23-13-/t18-,19+,20-;16-/m11/s1. The minimum atomic E-state index is -0.457. The first-order valence-electron chi connectivity index (χ1n) is 24.8. The Kier molecular flexibility index (Phi) is 16.8. The molecule has 4 aromatic carbocycles. The maximum Gasteiger partial charge on any atom is 0.253 e. The molecule has 19 heteroatoms. The van der Waals surface area contributed by atoms with Crippen LogP contribution < -0.4 is 20.1 Å². The molecule has 0 spiro atoms. The normalized spacial score (nSPS) is 17.0. The molecule has 2 saturated heterocycles. The smallest absolute Gasteiger partial charge is 0.253 e. The van der Waals surface area contributed by atoms with Gasteiger partial charge in [-0.15, -0.1) is 0 Å². The molecule has 0 aliphatic carbocycles. The first-order chi connectivity index (χ1) is 36.6.